The average Bonchev–Trinajstić information content (AvgIpc) is 3.15. The summed E-state index contributed by atoms with van der Waals surface area (Å²) in [6.45, 7) is 2.29. The third kappa shape index (κ3) is 5.78. The number of benzene rings is 4. The molecule has 1 aliphatic heterocycles. The second-order valence-corrected chi connectivity index (χ2v) is 10.9. The molecular weight excluding hydrogens is 553 g/mol. The van der Waals surface area contributed by atoms with Gasteiger partial charge >= 0.3 is 12.1 Å². The number of hydrogen-bond acceptors (Lipinski definition) is 4. The molecule has 1 aliphatic carbocycles. The molecule has 0 saturated heterocycles. The van der Waals surface area contributed by atoms with E-state index in [9.17, 15) is 22.8 Å². The van der Waals surface area contributed by atoms with Gasteiger partial charge in [-0.15, -0.1) is 0 Å². The summed E-state index contributed by atoms with van der Waals surface area (Å²) in [5.41, 5.74) is 4.46. The van der Waals surface area contributed by atoms with Gasteiger partial charge in [-0.1, -0.05) is 84.4 Å². The van der Waals surface area contributed by atoms with Crippen LogP contribution >= 0.6 is 0 Å². The summed E-state index contributed by atoms with van der Waals surface area (Å²) < 4.78 is 48.4. The Morgan fingerprint density at radius 2 is 1.51 bits per heavy atom. The molecule has 1 N–H and O–H groups in total. The summed E-state index contributed by atoms with van der Waals surface area (Å²) in [5, 5.41) is 3.26. The van der Waals surface area contributed by atoms with Crippen LogP contribution in [0.2, 0.25) is 0 Å². The van der Waals surface area contributed by atoms with E-state index in [0.29, 0.717) is 40.6 Å². The first-order chi connectivity index (χ1) is 20.7. The Morgan fingerprint density at radius 3 is 2.21 bits per heavy atom. The molecule has 0 aromatic heterocycles. The van der Waals surface area contributed by atoms with Gasteiger partial charge < -0.3 is 10.1 Å². The van der Waals surface area contributed by atoms with E-state index in [4.69, 9.17) is 4.74 Å². The Kier molecular flexibility index (Phi) is 7.52. The van der Waals surface area contributed by atoms with Gasteiger partial charge in [0, 0.05) is 17.7 Å². The van der Waals surface area contributed by atoms with Crippen LogP contribution < -0.4 is 15.0 Å². The lowest BCUT2D eigenvalue weighted by molar-refractivity contribution is -0.170. The number of aryl methyl sites for hydroxylation is 1. The lowest BCUT2D eigenvalue weighted by Crippen LogP contribution is -2.45. The van der Waals surface area contributed by atoms with E-state index in [2.05, 4.69) is 5.32 Å². The molecule has 1 amide bonds. The van der Waals surface area contributed by atoms with Crippen LogP contribution in [-0.4, -0.2) is 17.9 Å². The third-order valence-corrected chi connectivity index (χ3v) is 7.94. The number of carbonyl (C=O) groups is 2. The SMILES string of the molecule is Cc1ccc([C@H]2CC(=O)C3=C(C2)Nc2ccccc2N(C(=O)C(F)(F)F)[C@H]3c2ccc(OCc3ccccc3)cc2)cc1. The van der Waals surface area contributed by atoms with Crippen LogP contribution in [0.25, 0.3) is 0 Å². The summed E-state index contributed by atoms with van der Waals surface area (Å²) in [7, 11) is 0. The Balaban J connectivity index is 1.44. The number of nitrogens with one attached hydrogen (secondary N) is 1. The summed E-state index contributed by atoms with van der Waals surface area (Å²) in [5.74, 6) is -2.00. The zero-order valence-corrected chi connectivity index (χ0v) is 23.4. The fourth-order valence-electron chi connectivity index (χ4n) is 5.83. The molecule has 0 fully saturated rings. The lowest BCUT2D eigenvalue weighted by atomic mass is 9.78. The standard InChI is InChI=1S/C35H29F3N2O3/c1-22-11-13-24(14-12-22)26-19-29-32(31(41)20-26)33(25-15-17-27(18-16-25)43-21-23-7-3-2-4-8-23)40(34(42)35(36,37)38)30-10-6-5-9-28(30)39-29/h2-18,26,33,39H,19-21H2,1H3/t26-,33+/m1/s1. The first-order valence-electron chi connectivity index (χ1n) is 14.0. The summed E-state index contributed by atoms with van der Waals surface area (Å²) in [4.78, 5) is 27.8. The number of halogens is 3. The normalized spacial score (nSPS) is 18.3. The lowest BCUT2D eigenvalue weighted by Gasteiger charge is -2.35. The van der Waals surface area contributed by atoms with Crippen LogP contribution in [0.5, 0.6) is 5.75 Å². The molecule has 2 atom stereocenters. The predicted molar refractivity (Wildman–Crippen MR) is 159 cm³/mol. The highest BCUT2D eigenvalue weighted by Gasteiger charge is 2.50. The van der Waals surface area contributed by atoms with Crippen LogP contribution in [0.15, 0.2) is 114 Å². The molecule has 218 valence electrons. The molecule has 1 heterocycles. The molecule has 0 saturated carbocycles. The van der Waals surface area contributed by atoms with Crippen molar-refractivity contribution in [3.05, 3.63) is 137 Å². The highest BCUT2D eigenvalue weighted by molar-refractivity contribution is 6.07. The minimum atomic E-state index is -5.17. The molecular formula is C35H29F3N2O3. The molecule has 43 heavy (non-hydrogen) atoms. The number of hydrogen-bond donors (Lipinski definition) is 1. The molecule has 2 aliphatic rings. The van der Waals surface area contributed by atoms with Gasteiger partial charge in [0.15, 0.2) is 5.78 Å². The smallest absolute Gasteiger partial charge is 0.471 e. The second-order valence-electron chi connectivity index (χ2n) is 10.9. The highest BCUT2D eigenvalue weighted by atomic mass is 19.4. The highest BCUT2D eigenvalue weighted by Crippen LogP contribution is 2.48. The second kappa shape index (κ2) is 11.4. The maximum absolute atomic E-state index is 14.2. The van der Waals surface area contributed by atoms with Gasteiger partial charge in [0.1, 0.15) is 12.4 Å². The van der Waals surface area contributed by atoms with Crippen molar-refractivity contribution in [1.29, 1.82) is 0 Å². The minimum Gasteiger partial charge on any atom is -0.489 e. The zero-order chi connectivity index (χ0) is 30.1. The van der Waals surface area contributed by atoms with E-state index < -0.39 is 18.1 Å². The Bertz CT molecular complexity index is 1680. The van der Waals surface area contributed by atoms with Crippen molar-refractivity contribution in [1.82, 2.24) is 0 Å². The van der Waals surface area contributed by atoms with Crippen LogP contribution in [0.3, 0.4) is 0 Å². The first kappa shape index (κ1) is 28.3. The van der Waals surface area contributed by atoms with E-state index in [-0.39, 0.29) is 29.4 Å². The molecule has 6 rings (SSSR count). The number of ketones is 1. The molecule has 0 bridgehead atoms. The fourth-order valence-corrected chi connectivity index (χ4v) is 5.83. The number of allylic oxidation sites excluding steroid dienone is 1. The van der Waals surface area contributed by atoms with Crippen LogP contribution in [0.1, 0.15) is 47.1 Å². The summed E-state index contributed by atoms with van der Waals surface area (Å²) >= 11 is 0. The van der Waals surface area contributed by atoms with Crippen LogP contribution in [0.4, 0.5) is 24.5 Å². The summed E-state index contributed by atoms with van der Waals surface area (Å²) in [6, 6.07) is 29.1. The maximum atomic E-state index is 14.2. The Labute approximate surface area is 247 Å². The topological polar surface area (TPSA) is 58.6 Å². The number of alkyl halides is 3. The van der Waals surface area contributed by atoms with E-state index in [1.807, 2.05) is 61.5 Å². The number of fused-ring (bicyclic) bond motifs is 1. The van der Waals surface area contributed by atoms with E-state index >= 15 is 0 Å². The number of nitrogens with zero attached hydrogens (tertiary/aromatic N) is 1. The number of carbonyl (C=O) groups excluding carboxylic acids is 2. The zero-order valence-electron chi connectivity index (χ0n) is 23.4. The maximum Gasteiger partial charge on any atom is 0.471 e. The molecule has 0 radical (unpaired) electrons. The van der Waals surface area contributed by atoms with E-state index in [1.54, 1.807) is 42.5 Å². The van der Waals surface area contributed by atoms with Crippen molar-refractivity contribution in [2.24, 2.45) is 0 Å². The van der Waals surface area contributed by atoms with Crippen molar-refractivity contribution in [3.63, 3.8) is 0 Å². The van der Waals surface area contributed by atoms with Gasteiger partial charge in [0.05, 0.1) is 17.4 Å². The molecule has 4 aromatic rings. The van der Waals surface area contributed by atoms with Crippen molar-refractivity contribution in [2.45, 2.75) is 44.5 Å². The van der Waals surface area contributed by atoms with Gasteiger partial charge in [-0.05, 0) is 60.2 Å². The van der Waals surface area contributed by atoms with Crippen molar-refractivity contribution < 1.29 is 27.5 Å². The third-order valence-electron chi connectivity index (χ3n) is 7.94. The van der Waals surface area contributed by atoms with E-state index in [0.717, 1.165) is 16.7 Å². The largest absolute Gasteiger partial charge is 0.489 e. The minimum absolute atomic E-state index is 0.0494. The molecule has 5 nitrogen and oxygen atoms in total. The number of amides is 1. The molecule has 0 unspecified atom stereocenters. The number of Topliss-reactive ketones (excluding diaryl/α,β-unsaturated/α-hetero) is 1. The monoisotopic (exact) mass is 582 g/mol. The Morgan fingerprint density at radius 1 is 0.860 bits per heavy atom. The van der Waals surface area contributed by atoms with Gasteiger partial charge in [0.25, 0.3) is 0 Å². The van der Waals surface area contributed by atoms with Gasteiger partial charge in [0.2, 0.25) is 0 Å². The first-order valence-corrected chi connectivity index (χ1v) is 14.0. The quantitative estimate of drug-likeness (QED) is 0.259. The number of para-hydroxylation sites is 2. The summed E-state index contributed by atoms with van der Waals surface area (Å²) in [6.07, 6.45) is -4.65. The van der Waals surface area contributed by atoms with E-state index in [1.165, 1.54) is 6.07 Å². The van der Waals surface area contributed by atoms with Gasteiger partial charge in [-0.3, -0.25) is 14.5 Å². The van der Waals surface area contributed by atoms with Gasteiger partial charge in [-0.2, -0.15) is 13.2 Å². The molecule has 8 heteroatoms. The van der Waals surface area contributed by atoms with Gasteiger partial charge in [-0.25, -0.2) is 0 Å². The number of rotatable bonds is 5. The van der Waals surface area contributed by atoms with Crippen molar-refractivity contribution in [2.75, 3.05) is 10.2 Å². The van der Waals surface area contributed by atoms with Crippen molar-refractivity contribution >= 4 is 23.1 Å². The molecule has 4 aromatic carbocycles. The van der Waals surface area contributed by atoms with Crippen molar-refractivity contribution in [3.8, 4) is 5.75 Å². The number of anilines is 2. The number of ether oxygens (including phenoxy) is 1. The van der Waals surface area contributed by atoms with Crippen LogP contribution in [0, 0.1) is 6.92 Å². The Hall–Kier alpha value is -4.85. The fraction of sp³-hybridized carbons (Fsp3) is 0.200. The predicted octanol–water partition coefficient (Wildman–Crippen LogP) is 8.04. The average molecular weight is 583 g/mol. The van der Waals surface area contributed by atoms with Crippen LogP contribution in [-0.2, 0) is 16.2 Å². The molecule has 0 spiro atoms.